The highest BCUT2D eigenvalue weighted by atomic mass is 32.2. The van der Waals surface area contributed by atoms with E-state index in [1.807, 2.05) is 0 Å². The average Bonchev–Trinajstić information content (AvgIpc) is 2.85. The van der Waals surface area contributed by atoms with Crippen molar-refractivity contribution in [3.8, 4) is 5.69 Å². The van der Waals surface area contributed by atoms with Crippen molar-refractivity contribution in [1.82, 2.24) is 14.3 Å². The smallest absolute Gasteiger partial charge is 0.322 e. The van der Waals surface area contributed by atoms with Gasteiger partial charge in [0.2, 0.25) is 0 Å². The van der Waals surface area contributed by atoms with Gasteiger partial charge in [-0.3, -0.25) is 9.36 Å². The zero-order valence-electron chi connectivity index (χ0n) is 19.1. The Morgan fingerprint density at radius 3 is 2.22 bits per heavy atom. The van der Waals surface area contributed by atoms with Crippen LogP contribution in [0.15, 0.2) is 87.3 Å². The molecule has 1 aromatic heterocycles. The van der Waals surface area contributed by atoms with Crippen LogP contribution >= 0.6 is 0 Å². The molecule has 0 aliphatic heterocycles. The van der Waals surface area contributed by atoms with Crippen LogP contribution in [0.5, 0.6) is 0 Å². The predicted octanol–water partition coefficient (Wildman–Crippen LogP) is 2.37. The summed E-state index contributed by atoms with van der Waals surface area (Å²) < 4.78 is 55.3. The number of benzene rings is 3. The highest BCUT2D eigenvalue weighted by Gasteiger charge is 2.23. The Balaban J connectivity index is 1.93. The van der Waals surface area contributed by atoms with E-state index in [1.54, 1.807) is 30.3 Å². The minimum absolute atomic E-state index is 0.234. The lowest BCUT2D eigenvalue weighted by Crippen LogP contribution is -2.45. The summed E-state index contributed by atoms with van der Waals surface area (Å²) in [6.45, 7) is -0.276. The van der Waals surface area contributed by atoms with Crippen LogP contribution in [0.2, 0.25) is 0 Å². The maximum absolute atomic E-state index is 14.7. The average molecular weight is 513 g/mol. The Kier molecular flexibility index (Phi) is 6.95. The second-order valence-electron chi connectivity index (χ2n) is 8.19. The fourth-order valence-electron chi connectivity index (χ4n) is 3.84. The fraction of sp³-hybridized carbons (Fsp3) is 0.160. The number of para-hydroxylation sites is 1. The molecule has 3 aromatic carbocycles. The molecular weight excluding hydrogens is 490 g/mol. The molecule has 0 saturated carbocycles. The van der Waals surface area contributed by atoms with Gasteiger partial charge in [-0.15, -0.1) is 0 Å². The Hall–Kier alpha value is -3.96. The summed E-state index contributed by atoms with van der Waals surface area (Å²) in [6.07, 6.45) is 0.360. The third kappa shape index (κ3) is 5.02. The number of hydrogen-bond donors (Lipinski definition) is 1. The van der Waals surface area contributed by atoms with E-state index in [1.165, 1.54) is 30.3 Å². The molecule has 2 N–H and O–H groups in total. The summed E-state index contributed by atoms with van der Waals surface area (Å²) >= 11 is 0. The van der Waals surface area contributed by atoms with E-state index < -0.39 is 45.2 Å². The van der Waals surface area contributed by atoms with Crippen molar-refractivity contribution in [1.29, 1.82) is 0 Å². The quantitative estimate of drug-likeness (QED) is 0.406. The van der Waals surface area contributed by atoms with Crippen LogP contribution in [0.1, 0.15) is 22.9 Å². The molecule has 1 atom stereocenters. The van der Waals surface area contributed by atoms with E-state index in [0.717, 1.165) is 23.0 Å². The number of aromatic nitrogens is 3. The van der Waals surface area contributed by atoms with Gasteiger partial charge in [-0.1, -0.05) is 48.5 Å². The van der Waals surface area contributed by atoms with Crippen LogP contribution in [0.4, 0.5) is 8.78 Å². The molecule has 0 radical (unpaired) electrons. The van der Waals surface area contributed by atoms with Crippen LogP contribution in [-0.2, 0) is 22.8 Å². The Labute approximate surface area is 205 Å². The van der Waals surface area contributed by atoms with Crippen molar-refractivity contribution < 1.29 is 17.2 Å². The summed E-state index contributed by atoms with van der Waals surface area (Å²) in [4.78, 5) is 26.3. The SMILES string of the molecule is CS(=O)(=O)c1cccc(F)c1Cc1nn(-c2ccccc2F)c(=O)n(CC(N)c2ccccc2)c1=O. The maximum atomic E-state index is 14.7. The monoisotopic (exact) mass is 512 g/mol. The lowest BCUT2D eigenvalue weighted by Gasteiger charge is -2.17. The van der Waals surface area contributed by atoms with Crippen LogP contribution < -0.4 is 17.0 Å². The molecule has 1 unspecified atom stereocenters. The molecule has 1 heterocycles. The van der Waals surface area contributed by atoms with Crippen molar-refractivity contribution in [3.05, 3.63) is 122 Å². The molecule has 11 heteroatoms. The van der Waals surface area contributed by atoms with E-state index in [2.05, 4.69) is 5.10 Å². The largest absolute Gasteiger partial charge is 0.352 e. The Bertz CT molecular complexity index is 1650. The van der Waals surface area contributed by atoms with Gasteiger partial charge >= 0.3 is 5.69 Å². The van der Waals surface area contributed by atoms with Gasteiger partial charge in [0, 0.05) is 24.3 Å². The number of rotatable bonds is 7. The van der Waals surface area contributed by atoms with E-state index in [0.29, 0.717) is 10.2 Å². The molecule has 186 valence electrons. The van der Waals surface area contributed by atoms with E-state index in [9.17, 15) is 26.8 Å². The molecule has 8 nitrogen and oxygen atoms in total. The van der Waals surface area contributed by atoms with E-state index >= 15 is 0 Å². The maximum Gasteiger partial charge on any atom is 0.352 e. The number of nitrogens with two attached hydrogens (primary N) is 1. The highest BCUT2D eigenvalue weighted by molar-refractivity contribution is 7.90. The van der Waals surface area contributed by atoms with Crippen LogP contribution in [0, 0.1) is 11.6 Å². The molecule has 0 fully saturated rings. The number of nitrogens with zero attached hydrogens (tertiary/aromatic N) is 3. The first-order chi connectivity index (χ1) is 17.1. The summed E-state index contributed by atoms with van der Waals surface area (Å²) in [6, 6.07) is 16.8. The van der Waals surface area contributed by atoms with Gasteiger partial charge in [-0.05, 0) is 29.8 Å². The molecule has 36 heavy (non-hydrogen) atoms. The molecule has 0 spiro atoms. The summed E-state index contributed by atoms with van der Waals surface area (Å²) in [5.41, 5.74) is 4.18. The second-order valence-corrected chi connectivity index (χ2v) is 10.2. The standard InChI is InChI=1S/C25H22F2N4O4S/c1-36(34,35)23-13-7-11-18(26)17(23)14-21-24(32)30(15-20(28)16-8-3-2-4-9-16)25(33)31(29-21)22-12-6-5-10-19(22)27/h2-13,20H,14-15,28H2,1H3. The van der Waals surface area contributed by atoms with E-state index in [4.69, 9.17) is 5.73 Å². The fourth-order valence-corrected chi connectivity index (χ4v) is 4.79. The van der Waals surface area contributed by atoms with Gasteiger partial charge in [-0.2, -0.15) is 9.78 Å². The third-order valence-corrected chi connectivity index (χ3v) is 6.81. The van der Waals surface area contributed by atoms with Crippen LogP contribution in [-0.4, -0.2) is 29.0 Å². The zero-order chi connectivity index (χ0) is 26.0. The first-order valence-corrected chi connectivity index (χ1v) is 12.7. The van der Waals surface area contributed by atoms with Crippen LogP contribution in [0.25, 0.3) is 5.69 Å². The molecule has 0 aliphatic rings. The van der Waals surface area contributed by atoms with Gasteiger partial charge in [0.1, 0.15) is 23.0 Å². The molecule has 4 aromatic rings. The summed E-state index contributed by atoms with van der Waals surface area (Å²) in [5.74, 6) is -1.64. The predicted molar refractivity (Wildman–Crippen MR) is 130 cm³/mol. The van der Waals surface area contributed by atoms with Gasteiger partial charge in [0.25, 0.3) is 5.56 Å². The normalized spacial score (nSPS) is 12.4. The Morgan fingerprint density at radius 2 is 1.56 bits per heavy atom. The van der Waals surface area contributed by atoms with Gasteiger partial charge in [-0.25, -0.2) is 22.0 Å². The lowest BCUT2D eigenvalue weighted by atomic mass is 10.1. The third-order valence-electron chi connectivity index (χ3n) is 5.63. The zero-order valence-corrected chi connectivity index (χ0v) is 20.0. The van der Waals surface area contributed by atoms with Crippen molar-refractivity contribution >= 4 is 9.84 Å². The first kappa shape index (κ1) is 25.1. The molecule has 0 saturated heterocycles. The first-order valence-electron chi connectivity index (χ1n) is 10.8. The molecule has 4 rings (SSSR count). The topological polar surface area (TPSA) is 117 Å². The Morgan fingerprint density at radius 1 is 0.917 bits per heavy atom. The second kappa shape index (κ2) is 9.96. The number of halogens is 2. The number of hydrogen-bond acceptors (Lipinski definition) is 6. The van der Waals surface area contributed by atoms with Crippen molar-refractivity contribution in [3.63, 3.8) is 0 Å². The minimum Gasteiger partial charge on any atom is -0.322 e. The molecule has 0 aliphatic carbocycles. The van der Waals surface area contributed by atoms with Gasteiger partial charge in [0.15, 0.2) is 9.84 Å². The highest BCUT2D eigenvalue weighted by Crippen LogP contribution is 2.21. The lowest BCUT2D eigenvalue weighted by molar-refractivity contribution is 0.496. The summed E-state index contributed by atoms with van der Waals surface area (Å²) in [7, 11) is -3.86. The van der Waals surface area contributed by atoms with Crippen molar-refractivity contribution in [2.45, 2.75) is 23.9 Å². The van der Waals surface area contributed by atoms with Crippen LogP contribution in [0.3, 0.4) is 0 Å². The van der Waals surface area contributed by atoms with Gasteiger partial charge in [0.05, 0.1) is 11.4 Å². The molecule has 0 bridgehead atoms. The number of sulfone groups is 1. The van der Waals surface area contributed by atoms with E-state index in [-0.39, 0.29) is 28.4 Å². The van der Waals surface area contributed by atoms with Gasteiger partial charge < -0.3 is 5.73 Å². The summed E-state index contributed by atoms with van der Waals surface area (Å²) in [5, 5.41) is 4.03. The minimum atomic E-state index is -3.86. The molecule has 0 amide bonds. The van der Waals surface area contributed by atoms with Crippen molar-refractivity contribution in [2.75, 3.05) is 6.26 Å². The molecular formula is C25H22F2N4O4S. The van der Waals surface area contributed by atoms with Crippen molar-refractivity contribution in [2.24, 2.45) is 5.73 Å².